The molecular formula is C17H13ClFN5. The van der Waals surface area contributed by atoms with Crippen LogP contribution in [0.5, 0.6) is 0 Å². The fraction of sp³-hybridized carbons (Fsp3) is 0. The van der Waals surface area contributed by atoms with Gasteiger partial charge < -0.3 is 11.5 Å². The molecule has 0 atom stereocenters. The lowest BCUT2D eigenvalue weighted by atomic mass is 10.0. The zero-order valence-electron chi connectivity index (χ0n) is 12.4. The van der Waals surface area contributed by atoms with E-state index in [1.807, 2.05) is 18.2 Å². The second-order valence-corrected chi connectivity index (χ2v) is 5.38. The standard InChI is InChI=1S/C17H13ClFN5/c18-13-8-10(3-5-14(13)19)16-12(2-1-7-22-16)11-4-6-15(23-9-11)24-17(20)21/h1-9H,(H4,20,21,23,24). The molecule has 0 fully saturated rings. The van der Waals surface area contributed by atoms with Crippen LogP contribution in [0.15, 0.2) is 59.9 Å². The molecule has 0 spiro atoms. The molecule has 120 valence electrons. The minimum atomic E-state index is -0.471. The van der Waals surface area contributed by atoms with Gasteiger partial charge in [-0.15, -0.1) is 0 Å². The molecule has 3 rings (SSSR count). The number of nitrogens with zero attached hydrogens (tertiary/aromatic N) is 3. The number of hydrogen-bond acceptors (Lipinski definition) is 3. The monoisotopic (exact) mass is 341 g/mol. The van der Waals surface area contributed by atoms with Crippen molar-refractivity contribution in [2.75, 3.05) is 0 Å². The van der Waals surface area contributed by atoms with E-state index in [0.717, 1.165) is 11.1 Å². The Hall–Kier alpha value is -2.99. The van der Waals surface area contributed by atoms with Crippen LogP contribution in [0, 0.1) is 5.82 Å². The highest BCUT2D eigenvalue weighted by molar-refractivity contribution is 6.31. The lowest BCUT2D eigenvalue weighted by Crippen LogP contribution is -2.22. The number of aliphatic imine (C=N–C) groups is 1. The average molecular weight is 342 g/mol. The lowest BCUT2D eigenvalue weighted by molar-refractivity contribution is 0.628. The van der Waals surface area contributed by atoms with E-state index < -0.39 is 5.82 Å². The van der Waals surface area contributed by atoms with E-state index in [1.54, 1.807) is 30.6 Å². The second-order valence-electron chi connectivity index (χ2n) is 4.97. The maximum Gasteiger partial charge on any atom is 0.192 e. The number of halogens is 2. The Bertz CT molecular complexity index is 905. The van der Waals surface area contributed by atoms with Crippen LogP contribution < -0.4 is 11.5 Å². The minimum absolute atomic E-state index is 0.0466. The maximum absolute atomic E-state index is 13.4. The fourth-order valence-corrected chi connectivity index (χ4v) is 2.44. The Kier molecular flexibility index (Phi) is 4.39. The highest BCUT2D eigenvalue weighted by Crippen LogP contribution is 2.32. The molecule has 0 bridgehead atoms. The molecular weight excluding hydrogens is 329 g/mol. The number of guanidine groups is 1. The molecule has 5 nitrogen and oxygen atoms in total. The molecule has 0 aliphatic heterocycles. The van der Waals surface area contributed by atoms with Gasteiger partial charge in [0.2, 0.25) is 0 Å². The number of hydrogen-bond donors (Lipinski definition) is 2. The van der Waals surface area contributed by atoms with Crippen molar-refractivity contribution in [3.8, 4) is 22.4 Å². The first-order valence-electron chi connectivity index (χ1n) is 7.01. The van der Waals surface area contributed by atoms with Crippen LogP contribution in [0.2, 0.25) is 5.02 Å². The quantitative estimate of drug-likeness (QED) is 0.563. The average Bonchev–Trinajstić information content (AvgIpc) is 2.58. The maximum atomic E-state index is 13.4. The van der Waals surface area contributed by atoms with Crippen molar-refractivity contribution in [2.45, 2.75) is 0 Å². The van der Waals surface area contributed by atoms with Crippen molar-refractivity contribution < 1.29 is 4.39 Å². The van der Waals surface area contributed by atoms with Crippen LogP contribution in [0.1, 0.15) is 0 Å². The molecule has 2 heterocycles. The van der Waals surface area contributed by atoms with Crippen LogP contribution in [0.4, 0.5) is 10.2 Å². The zero-order chi connectivity index (χ0) is 17.1. The molecule has 4 N–H and O–H groups in total. The Morgan fingerprint density at radius 1 is 1.04 bits per heavy atom. The number of pyridine rings is 2. The number of benzene rings is 1. The summed E-state index contributed by atoms with van der Waals surface area (Å²) >= 11 is 5.88. The van der Waals surface area contributed by atoms with Crippen molar-refractivity contribution in [1.82, 2.24) is 9.97 Å². The molecule has 0 saturated carbocycles. The summed E-state index contributed by atoms with van der Waals surface area (Å²) in [6, 6.07) is 11.7. The Morgan fingerprint density at radius 2 is 1.83 bits per heavy atom. The largest absolute Gasteiger partial charge is 0.370 e. The first kappa shape index (κ1) is 15.9. The molecule has 1 aromatic carbocycles. The predicted octanol–water partition coefficient (Wildman–Crippen LogP) is 3.51. The molecule has 0 unspecified atom stereocenters. The van der Waals surface area contributed by atoms with E-state index in [1.165, 1.54) is 6.07 Å². The van der Waals surface area contributed by atoms with Crippen molar-refractivity contribution in [3.63, 3.8) is 0 Å². The SMILES string of the molecule is NC(N)=Nc1ccc(-c2cccnc2-c2ccc(F)c(Cl)c2)cn1. The van der Waals surface area contributed by atoms with E-state index in [0.29, 0.717) is 17.1 Å². The molecule has 24 heavy (non-hydrogen) atoms. The fourth-order valence-electron chi connectivity index (χ4n) is 2.26. The summed E-state index contributed by atoms with van der Waals surface area (Å²) < 4.78 is 13.4. The summed E-state index contributed by atoms with van der Waals surface area (Å²) in [6.45, 7) is 0. The van der Waals surface area contributed by atoms with E-state index in [2.05, 4.69) is 15.0 Å². The molecule has 0 radical (unpaired) electrons. The van der Waals surface area contributed by atoms with E-state index in [4.69, 9.17) is 23.1 Å². The summed E-state index contributed by atoms with van der Waals surface area (Å²) in [7, 11) is 0. The third-order valence-corrected chi connectivity index (χ3v) is 3.59. The van der Waals surface area contributed by atoms with Gasteiger partial charge in [0.15, 0.2) is 11.8 Å². The predicted molar refractivity (Wildman–Crippen MR) is 93.3 cm³/mol. The van der Waals surface area contributed by atoms with Gasteiger partial charge in [-0.05, 0) is 36.4 Å². The van der Waals surface area contributed by atoms with Gasteiger partial charge in [-0.3, -0.25) is 4.98 Å². The smallest absolute Gasteiger partial charge is 0.192 e. The third-order valence-electron chi connectivity index (χ3n) is 3.30. The van der Waals surface area contributed by atoms with Crippen LogP contribution >= 0.6 is 11.6 Å². The number of nitrogens with two attached hydrogens (primary N) is 2. The molecule has 0 aliphatic rings. The van der Waals surface area contributed by atoms with Crippen LogP contribution in [-0.4, -0.2) is 15.9 Å². The Labute approximate surface area is 142 Å². The minimum Gasteiger partial charge on any atom is -0.370 e. The molecule has 7 heteroatoms. The highest BCUT2D eigenvalue weighted by atomic mass is 35.5. The van der Waals surface area contributed by atoms with Gasteiger partial charge in [0.1, 0.15) is 5.82 Å². The third kappa shape index (κ3) is 3.33. The van der Waals surface area contributed by atoms with Gasteiger partial charge in [-0.25, -0.2) is 9.37 Å². The molecule has 0 aliphatic carbocycles. The van der Waals surface area contributed by atoms with Crippen molar-refractivity contribution in [1.29, 1.82) is 0 Å². The first-order valence-corrected chi connectivity index (χ1v) is 7.39. The lowest BCUT2D eigenvalue weighted by Gasteiger charge is -2.09. The van der Waals surface area contributed by atoms with Crippen LogP contribution in [0.3, 0.4) is 0 Å². The van der Waals surface area contributed by atoms with Gasteiger partial charge in [0.05, 0.1) is 10.7 Å². The van der Waals surface area contributed by atoms with E-state index >= 15 is 0 Å². The summed E-state index contributed by atoms with van der Waals surface area (Å²) in [6.07, 6.45) is 3.31. The summed E-state index contributed by atoms with van der Waals surface area (Å²) in [5, 5.41) is 0.0466. The topological polar surface area (TPSA) is 90.2 Å². The van der Waals surface area contributed by atoms with Crippen molar-refractivity contribution in [2.24, 2.45) is 16.5 Å². The van der Waals surface area contributed by atoms with Gasteiger partial charge in [-0.2, -0.15) is 4.99 Å². The Balaban J connectivity index is 2.06. The van der Waals surface area contributed by atoms with Crippen LogP contribution in [0.25, 0.3) is 22.4 Å². The number of aromatic nitrogens is 2. The van der Waals surface area contributed by atoms with Gasteiger partial charge in [0, 0.05) is 29.1 Å². The van der Waals surface area contributed by atoms with Gasteiger partial charge >= 0.3 is 0 Å². The number of rotatable bonds is 3. The van der Waals surface area contributed by atoms with Crippen LogP contribution in [-0.2, 0) is 0 Å². The Morgan fingerprint density at radius 3 is 2.50 bits per heavy atom. The second kappa shape index (κ2) is 6.64. The van der Waals surface area contributed by atoms with Gasteiger partial charge in [-0.1, -0.05) is 17.7 Å². The zero-order valence-corrected chi connectivity index (χ0v) is 13.2. The van der Waals surface area contributed by atoms with Gasteiger partial charge in [0.25, 0.3) is 0 Å². The summed E-state index contributed by atoms with van der Waals surface area (Å²) in [5.41, 5.74) is 13.7. The molecule has 0 saturated heterocycles. The van der Waals surface area contributed by atoms with Crippen molar-refractivity contribution in [3.05, 3.63) is 65.7 Å². The summed E-state index contributed by atoms with van der Waals surface area (Å²) in [5.74, 6) is -0.117. The van der Waals surface area contributed by atoms with E-state index in [9.17, 15) is 4.39 Å². The normalized spacial score (nSPS) is 10.4. The molecule has 3 aromatic rings. The molecule has 0 amide bonds. The van der Waals surface area contributed by atoms with E-state index in [-0.39, 0.29) is 11.0 Å². The van der Waals surface area contributed by atoms with Crippen molar-refractivity contribution >= 4 is 23.4 Å². The highest BCUT2D eigenvalue weighted by Gasteiger charge is 2.11. The first-order chi connectivity index (χ1) is 11.5. The summed E-state index contributed by atoms with van der Waals surface area (Å²) in [4.78, 5) is 12.5. The molecule has 2 aromatic heterocycles.